The molecule has 0 amide bonds. The minimum absolute atomic E-state index is 0.862. The number of fused-ring (bicyclic) bond motifs is 2. The summed E-state index contributed by atoms with van der Waals surface area (Å²) in [6.07, 6.45) is 0. The van der Waals surface area contributed by atoms with Gasteiger partial charge in [-0.3, -0.25) is 0 Å². The summed E-state index contributed by atoms with van der Waals surface area (Å²) >= 11 is 0. The third-order valence-electron chi connectivity index (χ3n) is 10.7. The highest BCUT2D eigenvalue weighted by Gasteiger charge is 2.20. The largest absolute Gasteiger partial charge is 0.455 e. The van der Waals surface area contributed by atoms with Gasteiger partial charge in [-0.1, -0.05) is 182 Å². The molecule has 9 aromatic carbocycles. The van der Waals surface area contributed by atoms with Crippen molar-refractivity contribution in [2.75, 3.05) is 4.90 Å². The van der Waals surface area contributed by atoms with Crippen LogP contribution in [0.3, 0.4) is 0 Å². The second kappa shape index (κ2) is 14.4. The molecule has 0 aliphatic heterocycles. The molecule has 10 aromatic rings. The highest BCUT2D eigenvalue weighted by Crippen LogP contribution is 2.44. The fourth-order valence-corrected chi connectivity index (χ4v) is 7.93. The van der Waals surface area contributed by atoms with Crippen LogP contribution in [0.5, 0.6) is 0 Å². The van der Waals surface area contributed by atoms with E-state index < -0.39 is 0 Å². The normalized spacial score (nSPS) is 11.2. The number of nitrogens with zero attached hydrogens (tertiary/aromatic N) is 1. The molecule has 10 rings (SSSR count). The molecule has 0 unspecified atom stereocenters. The lowest BCUT2D eigenvalue weighted by molar-refractivity contribution is 0.632. The van der Waals surface area contributed by atoms with Crippen molar-refractivity contribution in [2.24, 2.45) is 0 Å². The first-order valence-corrected chi connectivity index (χ1v) is 19.1. The molecule has 1 aromatic heterocycles. The van der Waals surface area contributed by atoms with E-state index >= 15 is 0 Å². The van der Waals surface area contributed by atoms with E-state index in [1.165, 1.54) is 44.2 Å². The van der Waals surface area contributed by atoms with Crippen LogP contribution in [0, 0.1) is 0 Å². The van der Waals surface area contributed by atoms with Gasteiger partial charge in [0.25, 0.3) is 0 Å². The predicted molar refractivity (Wildman–Crippen MR) is 236 cm³/mol. The fraction of sp³-hybridized carbons (Fsp3) is 0. The first kappa shape index (κ1) is 33.2. The molecule has 0 atom stereocenters. The van der Waals surface area contributed by atoms with Crippen LogP contribution < -0.4 is 4.90 Å². The smallest absolute Gasteiger partial charge is 0.143 e. The zero-order chi connectivity index (χ0) is 37.3. The summed E-state index contributed by atoms with van der Waals surface area (Å²) in [5.74, 6) is 0.862. The number of furan rings is 1. The number of hydrogen-bond acceptors (Lipinski definition) is 2. The summed E-state index contributed by atoms with van der Waals surface area (Å²) in [5.41, 5.74) is 14.5. The Labute approximate surface area is 327 Å². The highest BCUT2D eigenvalue weighted by atomic mass is 16.3. The van der Waals surface area contributed by atoms with E-state index in [0.717, 1.165) is 50.5 Å². The van der Waals surface area contributed by atoms with Crippen molar-refractivity contribution in [2.45, 2.75) is 0 Å². The molecule has 0 saturated heterocycles. The monoisotopic (exact) mass is 715 g/mol. The van der Waals surface area contributed by atoms with Crippen LogP contribution in [-0.2, 0) is 0 Å². The van der Waals surface area contributed by atoms with Crippen LogP contribution in [0.15, 0.2) is 229 Å². The Bertz CT molecular complexity index is 2920. The lowest BCUT2D eigenvalue weighted by Gasteiger charge is -2.26. The van der Waals surface area contributed by atoms with Gasteiger partial charge in [0.05, 0.1) is 0 Å². The maximum Gasteiger partial charge on any atom is 0.143 e. The molecule has 0 aliphatic carbocycles. The third-order valence-corrected chi connectivity index (χ3v) is 10.7. The maximum absolute atomic E-state index is 6.65. The van der Waals surface area contributed by atoms with Gasteiger partial charge in [-0.15, -0.1) is 0 Å². The van der Waals surface area contributed by atoms with Crippen LogP contribution >= 0.6 is 0 Å². The molecule has 0 radical (unpaired) electrons. The molecule has 1 heterocycles. The Morgan fingerprint density at radius 3 is 1.46 bits per heavy atom. The van der Waals surface area contributed by atoms with Gasteiger partial charge in [-0.2, -0.15) is 0 Å². The zero-order valence-corrected chi connectivity index (χ0v) is 30.7. The molecular weight excluding hydrogens is 679 g/mol. The Kier molecular flexibility index (Phi) is 8.55. The summed E-state index contributed by atoms with van der Waals surface area (Å²) in [7, 11) is 0. The minimum Gasteiger partial charge on any atom is -0.455 e. The molecular formula is C54H37NO. The summed E-state index contributed by atoms with van der Waals surface area (Å²) in [4.78, 5) is 2.33. The second-order valence-electron chi connectivity index (χ2n) is 14.1. The Morgan fingerprint density at radius 2 is 0.786 bits per heavy atom. The lowest BCUT2D eigenvalue weighted by Crippen LogP contribution is -2.10. The molecule has 0 N–H and O–H groups in total. The Hall–Kier alpha value is -7.42. The predicted octanol–water partition coefficient (Wildman–Crippen LogP) is 15.4. The average Bonchev–Trinajstić information content (AvgIpc) is 3.68. The van der Waals surface area contributed by atoms with Crippen molar-refractivity contribution < 1.29 is 4.42 Å². The topological polar surface area (TPSA) is 16.4 Å². The first-order chi connectivity index (χ1) is 27.8. The van der Waals surface area contributed by atoms with E-state index in [-0.39, 0.29) is 0 Å². The Morgan fingerprint density at radius 1 is 0.304 bits per heavy atom. The quantitative estimate of drug-likeness (QED) is 0.156. The number of rotatable bonds is 8. The highest BCUT2D eigenvalue weighted by molar-refractivity contribution is 6.02. The summed E-state index contributed by atoms with van der Waals surface area (Å²) in [6, 6.07) is 79.9. The molecule has 0 saturated carbocycles. The van der Waals surface area contributed by atoms with Gasteiger partial charge in [0.15, 0.2) is 0 Å². The van der Waals surface area contributed by atoms with Gasteiger partial charge in [0.2, 0.25) is 0 Å². The van der Waals surface area contributed by atoms with Gasteiger partial charge in [0, 0.05) is 33.6 Å². The molecule has 2 heteroatoms. The van der Waals surface area contributed by atoms with Crippen molar-refractivity contribution in [3.8, 4) is 55.8 Å². The molecule has 0 fully saturated rings. The summed E-state index contributed by atoms with van der Waals surface area (Å²) in [5, 5.41) is 3.63. The molecule has 0 aliphatic rings. The van der Waals surface area contributed by atoms with Crippen molar-refractivity contribution in [3.63, 3.8) is 0 Å². The van der Waals surface area contributed by atoms with Crippen molar-refractivity contribution in [1.82, 2.24) is 0 Å². The van der Waals surface area contributed by atoms with E-state index in [9.17, 15) is 0 Å². The second-order valence-corrected chi connectivity index (χ2v) is 14.1. The first-order valence-electron chi connectivity index (χ1n) is 19.1. The van der Waals surface area contributed by atoms with Crippen LogP contribution in [0.25, 0.3) is 77.6 Å². The zero-order valence-electron chi connectivity index (χ0n) is 30.7. The van der Waals surface area contributed by atoms with E-state index in [1.807, 2.05) is 6.07 Å². The van der Waals surface area contributed by atoms with Gasteiger partial charge < -0.3 is 9.32 Å². The SMILES string of the molecule is c1ccc(-c2ccc(N(c3ccc(-c4ccc(-c5cccc6ccccc56)cc4)cc3)c3cccc(-c4oc5ccccc5c4-c4ccccc4)c3)cc2)cc1. The van der Waals surface area contributed by atoms with Gasteiger partial charge >= 0.3 is 0 Å². The van der Waals surface area contributed by atoms with Crippen molar-refractivity contribution in [3.05, 3.63) is 224 Å². The van der Waals surface area contributed by atoms with E-state index in [4.69, 9.17) is 4.42 Å². The van der Waals surface area contributed by atoms with Crippen molar-refractivity contribution in [1.29, 1.82) is 0 Å². The number of benzene rings is 9. The molecule has 2 nitrogen and oxygen atoms in total. The lowest BCUT2D eigenvalue weighted by atomic mass is 9.96. The number of anilines is 3. The van der Waals surface area contributed by atoms with Gasteiger partial charge in [-0.25, -0.2) is 0 Å². The average molecular weight is 716 g/mol. The maximum atomic E-state index is 6.65. The number of para-hydroxylation sites is 1. The standard InChI is InChI=1S/C54H37NO/c1-3-13-38(14-4-1)40-29-33-46(34-30-40)55(48-20-11-19-45(37-48)54-53(44-16-5-2-6-17-44)51-22-9-10-24-52(51)56-54)47-35-31-41(32-36-47)39-25-27-43(28-26-39)50-23-12-18-42-15-7-8-21-49(42)50/h1-37H. The van der Waals surface area contributed by atoms with Crippen LogP contribution in [-0.4, -0.2) is 0 Å². The summed E-state index contributed by atoms with van der Waals surface area (Å²) in [6.45, 7) is 0. The van der Waals surface area contributed by atoms with Crippen molar-refractivity contribution >= 4 is 38.8 Å². The third kappa shape index (κ3) is 6.24. The van der Waals surface area contributed by atoms with Crippen LogP contribution in [0.1, 0.15) is 0 Å². The van der Waals surface area contributed by atoms with E-state index in [1.54, 1.807) is 0 Å². The summed E-state index contributed by atoms with van der Waals surface area (Å²) < 4.78 is 6.65. The van der Waals surface area contributed by atoms with E-state index in [2.05, 4.69) is 223 Å². The van der Waals surface area contributed by atoms with Crippen LogP contribution in [0.2, 0.25) is 0 Å². The Balaban J connectivity index is 1.04. The fourth-order valence-electron chi connectivity index (χ4n) is 7.93. The minimum atomic E-state index is 0.862. The van der Waals surface area contributed by atoms with Gasteiger partial charge in [0.1, 0.15) is 11.3 Å². The van der Waals surface area contributed by atoms with E-state index in [0.29, 0.717) is 0 Å². The molecule has 56 heavy (non-hydrogen) atoms. The molecule has 264 valence electrons. The van der Waals surface area contributed by atoms with Crippen LogP contribution in [0.4, 0.5) is 17.1 Å². The number of hydrogen-bond donors (Lipinski definition) is 0. The molecule has 0 spiro atoms. The molecule has 0 bridgehead atoms. The van der Waals surface area contributed by atoms with Gasteiger partial charge in [-0.05, 0) is 92.2 Å².